The Morgan fingerprint density at radius 2 is 1.47 bits per heavy atom. The number of nitrogens with one attached hydrogen (secondary N) is 2. The van der Waals surface area contributed by atoms with E-state index < -0.39 is 0 Å². The lowest BCUT2D eigenvalue weighted by Crippen LogP contribution is -2.32. The lowest BCUT2D eigenvalue weighted by molar-refractivity contribution is -0.122. The van der Waals surface area contributed by atoms with E-state index in [1.165, 1.54) is 0 Å². The molecule has 0 aromatic rings. The van der Waals surface area contributed by atoms with E-state index >= 15 is 0 Å². The van der Waals surface area contributed by atoms with Gasteiger partial charge in [-0.25, -0.2) is 0 Å². The summed E-state index contributed by atoms with van der Waals surface area (Å²) in [4.78, 5) is 11.0. The molecular formula is C12H30N2O. The summed E-state index contributed by atoms with van der Waals surface area (Å²) < 4.78 is 0. The maximum absolute atomic E-state index is 11.0. The molecule has 0 rings (SSSR count). The van der Waals surface area contributed by atoms with Gasteiger partial charge in [0.2, 0.25) is 5.91 Å². The smallest absolute Gasteiger partial charge is 0.220 e. The molecule has 3 nitrogen and oxygen atoms in total. The van der Waals surface area contributed by atoms with Crippen LogP contribution in [-0.4, -0.2) is 26.5 Å². The first-order chi connectivity index (χ1) is 7.02. The molecule has 3 heteroatoms. The molecule has 2 N–H and O–H groups in total. The summed E-state index contributed by atoms with van der Waals surface area (Å²) >= 11 is 0. The topological polar surface area (TPSA) is 41.1 Å². The summed E-state index contributed by atoms with van der Waals surface area (Å²) in [7, 11) is 3.56. The molecule has 0 aromatic carbocycles. The van der Waals surface area contributed by atoms with Gasteiger partial charge < -0.3 is 10.6 Å². The molecule has 0 heterocycles. The minimum absolute atomic E-state index is 0.0504. The Hall–Kier alpha value is -0.570. The Kier molecular flexibility index (Phi) is 17.8. The van der Waals surface area contributed by atoms with Crippen LogP contribution in [0.2, 0.25) is 0 Å². The molecule has 15 heavy (non-hydrogen) atoms. The minimum atomic E-state index is 0.0504. The Labute approximate surface area is 96.0 Å². The summed E-state index contributed by atoms with van der Waals surface area (Å²) in [5.41, 5.74) is 0.0504. The van der Waals surface area contributed by atoms with Gasteiger partial charge in [0, 0.05) is 20.0 Å². The highest BCUT2D eigenvalue weighted by Crippen LogP contribution is 2.17. The summed E-state index contributed by atoms with van der Waals surface area (Å²) in [6.07, 6.45) is 0.574. The van der Waals surface area contributed by atoms with E-state index in [2.05, 4.69) is 24.5 Å². The van der Waals surface area contributed by atoms with Gasteiger partial charge in [0.1, 0.15) is 0 Å². The number of rotatable bonds is 4. The molecule has 1 amide bonds. The number of carbonyl (C=O) groups is 1. The van der Waals surface area contributed by atoms with Crippen molar-refractivity contribution in [3.05, 3.63) is 0 Å². The Bertz CT molecular complexity index is 134. The SMILES string of the molecule is CC.CC.CNCC(C)(C)CC(=O)NC. The van der Waals surface area contributed by atoms with Crippen LogP contribution in [0.25, 0.3) is 0 Å². The Morgan fingerprint density at radius 3 is 1.73 bits per heavy atom. The fraction of sp³-hybridized carbons (Fsp3) is 0.917. The van der Waals surface area contributed by atoms with Crippen LogP contribution in [0.1, 0.15) is 48.0 Å². The van der Waals surface area contributed by atoms with Crippen LogP contribution in [0.15, 0.2) is 0 Å². The zero-order valence-corrected chi connectivity index (χ0v) is 11.8. The molecule has 94 valence electrons. The van der Waals surface area contributed by atoms with Crippen molar-refractivity contribution < 1.29 is 4.79 Å². The molecular weight excluding hydrogens is 188 g/mol. The second kappa shape index (κ2) is 13.4. The monoisotopic (exact) mass is 218 g/mol. The predicted molar refractivity (Wildman–Crippen MR) is 69.1 cm³/mol. The minimum Gasteiger partial charge on any atom is -0.359 e. The molecule has 0 spiro atoms. The third-order valence-corrected chi connectivity index (χ3v) is 1.57. The average Bonchev–Trinajstić information content (AvgIpc) is 2.23. The maximum Gasteiger partial charge on any atom is 0.220 e. The van der Waals surface area contributed by atoms with E-state index in [-0.39, 0.29) is 11.3 Å². The number of hydrogen-bond acceptors (Lipinski definition) is 2. The van der Waals surface area contributed by atoms with E-state index in [0.29, 0.717) is 6.42 Å². The lowest BCUT2D eigenvalue weighted by atomic mass is 9.89. The molecule has 0 bridgehead atoms. The fourth-order valence-corrected chi connectivity index (χ4v) is 1.06. The van der Waals surface area contributed by atoms with Crippen LogP contribution in [-0.2, 0) is 4.79 Å². The van der Waals surface area contributed by atoms with Gasteiger partial charge in [0.25, 0.3) is 0 Å². The standard InChI is InChI=1S/C8H18N2O.2C2H6/c1-8(2,6-9-3)5-7(11)10-4;2*1-2/h9H,5-6H2,1-4H3,(H,10,11);2*1-2H3. The molecule has 0 aromatic heterocycles. The van der Waals surface area contributed by atoms with E-state index in [0.717, 1.165) is 6.54 Å². The first-order valence-electron chi connectivity index (χ1n) is 5.87. The highest BCUT2D eigenvalue weighted by atomic mass is 16.1. The number of carbonyl (C=O) groups excluding carboxylic acids is 1. The molecule has 0 saturated heterocycles. The Balaban J connectivity index is -0.000000318. The average molecular weight is 218 g/mol. The van der Waals surface area contributed by atoms with Crippen molar-refractivity contribution in [1.29, 1.82) is 0 Å². The quantitative estimate of drug-likeness (QED) is 0.761. The van der Waals surface area contributed by atoms with Crippen molar-refractivity contribution >= 4 is 5.91 Å². The van der Waals surface area contributed by atoms with Gasteiger partial charge >= 0.3 is 0 Å². The van der Waals surface area contributed by atoms with Gasteiger partial charge in [-0.1, -0.05) is 41.5 Å². The predicted octanol–water partition coefficient (Wildman–Crippen LogP) is 2.42. The maximum atomic E-state index is 11.0. The fourth-order valence-electron chi connectivity index (χ4n) is 1.06. The van der Waals surface area contributed by atoms with Crippen LogP contribution < -0.4 is 10.6 Å². The number of amides is 1. The van der Waals surface area contributed by atoms with Gasteiger partial charge in [-0.15, -0.1) is 0 Å². The van der Waals surface area contributed by atoms with Gasteiger partial charge in [0.15, 0.2) is 0 Å². The summed E-state index contributed by atoms with van der Waals surface area (Å²) in [5.74, 6) is 0.102. The van der Waals surface area contributed by atoms with Crippen LogP contribution in [0, 0.1) is 5.41 Å². The van der Waals surface area contributed by atoms with Crippen LogP contribution >= 0.6 is 0 Å². The summed E-state index contributed by atoms with van der Waals surface area (Å²) in [6.45, 7) is 13.0. The molecule has 0 saturated carbocycles. The number of hydrogen-bond donors (Lipinski definition) is 2. The zero-order valence-electron chi connectivity index (χ0n) is 11.8. The molecule has 0 atom stereocenters. The van der Waals surface area contributed by atoms with Crippen LogP contribution in [0.4, 0.5) is 0 Å². The Morgan fingerprint density at radius 1 is 1.07 bits per heavy atom. The molecule has 0 fully saturated rings. The van der Waals surface area contributed by atoms with Crippen molar-refractivity contribution in [1.82, 2.24) is 10.6 Å². The first kappa shape index (κ1) is 19.9. The van der Waals surface area contributed by atoms with E-state index in [4.69, 9.17) is 0 Å². The van der Waals surface area contributed by atoms with Crippen molar-refractivity contribution in [2.75, 3.05) is 20.6 Å². The van der Waals surface area contributed by atoms with Crippen LogP contribution in [0.5, 0.6) is 0 Å². The molecule has 0 aliphatic carbocycles. The van der Waals surface area contributed by atoms with Crippen molar-refractivity contribution in [2.24, 2.45) is 5.41 Å². The highest BCUT2D eigenvalue weighted by molar-refractivity contribution is 5.76. The highest BCUT2D eigenvalue weighted by Gasteiger charge is 2.19. The normalized spacial score (nSPS) is 9.07. The molecule has 0 unspecified atom stereocenters. The third-order valence-electron chi connectivity index (χ3n) is 1.57. The van der Waals surface area contributed by atoms with Crippen molar-refractivity contribution in [3.8, 4) is 0 Å². The second-order valence-electron chi connectivity index (χ2n) is 3.54. The van der Waals surface area contributed by atoms with E-state index in [1.54, 1.807) is 7.05 Å². The first-order valence-corrected chi connectivity index (χ1v) is 5.87. The largest absolute Gasteiger partial charge is 0.359 e. The van der Waals surface area contributed by atoms with Gasteiger partial charge in [0.05, 0.1) is 0 Å². The van der Waals surface area contributed by atoms with Crippen molar-refractivity contribution in [3.63, 3.8) is 0 Å². The van der Waals surface area contributed by atoms with E-state index in [9.17, 15) is 4.79 Å². The lowest BCUT2D eigenvalue weighted by Gasteiger charge is -2.22. The van der Waals surface area contributed by atoms with Crippen molar-refractivity contribution in [2.45, 2.75) is 48.0 Å². The van der Waals surface area contributed by atoms with Gasteiger partial charge in [-0.3, -0.25) is 4.79 Å². The molecule has 0 aliphatic heterocycles. The summed E-state index contributed by atoms with van der Waals surface area (Å²) in [5, 5.41) is 5.67. The van der Waals surface area contributed by atoms with E-state index in [1.807, 2.05) is 34.7 Å². The molecule has 0 radical (unpaired) electrons. The molecule has 0 aliphatic rings. The third kappa shape index (κ3) is 16.1. The zero-order chi connectivity index (χ0) is 12.9. The van der Waals surface area contributed by atoms with Gasteiger partial charge in [-0.05, 0) is 12.5 Å². The van der Waals surface area contributed by atoms with Crippen LogP contribution in [0.3, 0.4) is 0 Å². The van der Waals surface area contributed by atoms with Gasteiger partial charge in [-0.2, -0.15) is 0 Å². The second-order valence-corrected chi connectivity index (χ2v) is 3.54. The summed E-state index contributed by atoms with van der Waals surface area (Å²) in [6, 6.07) is 0.